The molecule has 0 aliphatic carbocycles. The number of ether oxygens (including phenoxy) is 1. The Balaban J connectivity index is 1.91. The van der Waals surface area contributed by atoms with Gasteiger partial charge in [-0.25, -0.2) is 4.68 Å². The van der Waals surface area contributed by atoms with E-state index >= 15 is 0 Å². The minimum Gasteiger partial charge on any atom is -0.473 e. The summed E-state index contributed by atoms with van der Waals surface area (Å²) in [5.41, 5.74) is 2.24. The molecule has 0 saturated carbocycles. The Morgan fingerprint density at radius 1 is 1.33 bits per heavy atom. The number of nitrogens with one attached hydrogen (secondary N) is 1. The second kappa shape index (κ2) is 5.87. The van der Waals surface area contributed by atoms with E-state index in [2.05, 4.69) is 34.7 Å². The van der Waals surface area contributed by atoms with Gasteiger partial charge in [-0.3, -0.25) is 0 Å². The average Bonchev–Trinajstić information content (AvgIpc) is 2.97. The van der Waals surface area contributed by atoms with Crippen LogP contribution in [-0.4, -0.2) is 16.8 Å². The van der Waals surface area contributed by atoms with Gasteiger partial charge in [0.1, 0.15) is 6.61 Å². The molecule has 1 aromatic carbocycles. The van der Waals surface area contributed by atoms with Crippen molar-refractivity contribution >= 4 is 21.4 Å². The van der Waals surface area contributed by atoms with E-state index < -0.39 is 0 Å². The molecule has 0 aliphatic rings. The maximum absolute atomic E-state index is 5.98. The maximum Gasteiger partial charge on any atom is 0.212 e. The van der Waals surface area contributed by atoms with Crippen LogP contribution in [0.25, 0.3) is 10.1 Å². The van der Waals surface area contributed by atoms with Crippen molar-refractivity contribution in [3.8, 4) is 5.88 Å². The van der Waals surface area contributed by atoms with Crippen LogP contribution >= 0.6 is 11.3 Å². The number of hydrogen-bond acceptors (Lipinski definition) is 4. The first-order chi connectivity index (χ1) is 10.2. The molecule has 0 fully saturated rings. The van der Waals surface area contributed by atoms with Crippen molar-refractivity contribution in [3.63, 3.8) is 0 Å². The van der Waals surface area contributed by atoms with Crippen molar-refractivity contribution in [3.05, 3.63) is 46.5 Å². The Morgan fingerprint density at radius 3 is 2.86 bits per heavy atom. The Kier molecular flexibility index (Phi) is 3.94. The summed E-state index contributed by atoms with van der Waals surface area (Å²) in [5.74, 6) is 0.804. The third-order valence-electron chi connectivity index (χ3n) is 3.44. The standard InChI is InChI=1S/C16H19N3OS/c1-11-8-16(19(3)18-11)20-10-13-12-6-4-5-7-14(12)21-15(13)9-17-2/h4-8,17H,9-10H2,1-3H3. The van der Waals surface area contributed by atoms with Gasteiger partial charge in [0, 0.05) is 34.8 Å². The fourth-order valence-corrected chi connectivity index (χ4v) is 3.70. The number of fused-ring (bicyclic) bond motifs is 1. The van der Waals surface area contributed by atoms with Crippen molar-refractivity contribution in [2.24, 2.45) is 7.05 Å². The summed E-state index contributed by atoms with van der Waals surface area (Å²) >= 11 is 1.83. The van der Waals surface area contributed by atoms with Crippen molar-refractivity contribution in [2.75, 3.05) is 7.05 Å². The molecule has 2 heterocycles. The molecule has 0 amide bonds. The Hall–Kier alpha value is -1.85. The van der Waals surface area contributed by atoms with E-state index in [4.69, 9.17) is 4.74 Å². The van der Waals surface area contributed by atoms with Crippen molar-refractivity contribution in [1.29, 1.82) is 0 Å². The number of benzene rings is 1. The van der Waals surface area contributed by atoms with Crippen LogP contribution in [0, 0.1) is 6.92 Å². The summed E-state index contributed by atoms with van der Waals surface area (Å²) in [5, 5.41) is 8.83. The van der Waals surface area contributed by atoms with Gasteiger partial charge in [-0.05, 0) is 25.4 Å². The number of thiophene rings is 1. The third-order valence-corrected chi connectivity index (χ3v) is 4.66. The van der Waals surface area contributed by atoms with E-state index in [0.29, 0.717) is 6.61 Å². The molecule has 3 aromatic rings. The molecule has 110 valence electrons. The highest BCUT2D eigenvalue weighted by Crippen LogP contribution is 2.32. The van der Waals surface area contributed by atoms with Crippen LogP contribution in [0.4, 0.5) is 0 Å². The molecular formula is C16H19N3OS. The summed E-state index contributed by atoms with van der Waals surface area (Å²) in [7, 11) is 3.88. The summed E-state index contributed by atoms with van der Waals surface area (Å²) < 4.78 is 9.06. The van der Waals surface area contributed by atoms with Gasteiger partial charge in [-0.1, -0.05) is 18.2 Å². The van der Waals surface area contributed by atoms with Crippen LogP contribution in [-0.2, 0) is 20.2 Å². The van der Waals surface area contributed by atoms with Gasteiger partial charge in [0.25, 0.3) is 0 Å². The fourth-order valence-electron chi connectivity index (χ4n) is 2.48. The highest BCUT2D eigenvalue weighted by molar-refractivity contribution is 7.19. The summed E-state index contributed by atoms with van der Waals surface area (Å²) in [4.78, 5) is 1.33. The van der Waals surface area contributed by atoms with Crippen molar-refractivity contribution in [1.82, 2.24) is 15.1 Å². The van der Waals surface area contributed by atoms with Gasteiger partial charge in [-0.2, -0.15) is 5.10 Å². The van der Waals surface area contributed by atoms with Gasteiger partial charge < -0.3 is 10.1 Å². The van der Waals surface area contributed by atoms with E-state index in [1.54, 1.807) is 4.68 Å². The molecule has 0 saturated heterocycles. The average molecular weight is 301 g/mol. The number of aromatic nitrogens is 2. The predicted molar refractivity (Wildman–Crippen MR) is 86.9 cm³/mol. The van der Waals surface area contributed by atoms with Crippen LogP contribution in [0.1, 0.15) is 16.1 Å². The minimum atomic E-state index is 0.569. The lowest BCUT2D eigenvalue weighted by molar-refractivity contribution is 0.279. The molecule has 0 radical (unpaired) electrons. The smallest absolute Gasteiger partial charge is 0.212 e. The topological polar surface area (TPSA) is 39.1 Å². The van der Waals surface area contributed by atoms with Gasteiger partial charge >= 0.3 is 0 Å². The van der Waals surface area contributed by atoms with Crippen molar-refractivity contribution < 1.29 is 4.74 Å². The van der Waals surface area contributed by atoms with E-state index in [-0.39, 0.29) is 0 Å². The van der Waals surface area contributed by atoms with Gasteiger partial charge in [0.15, 0.2) is 0 Å². The SMILES string of the molecule is CNCc1sc2ccccc2c1COc1cc(C)nn1C. The van der Waals surface area contributed by atoms with Crippen LogP contribution in [0.15, 0.2) is 30.3 Å². The Labute approximate surface area is 128 Å². The fraction of sp³-hybridized carbons (Fsp3) is 0.312. The minimum absolute atomic E-state index is 0.569. The van der Waals surface area contributed by atoms with Gasteiger partial charge in [-0.15, -0.1) is 11.3 Å². The highest BCUT2D eigenvalue weighted by atomic mass is 32.1. The first-order valence-electron chi connectivity index (χ1n) is 6.96. The highest BCUT2D eigenvalue weighted by Gasteiger charge is 2.13. The molecule has 0 bridgehead atoms. The normalized spacial score (nSPS) is 11.2. The van der Waals surface area contributed by atoms with Crippen molar-refractivity contribution in [2.45, 2.75) is 20.1 Å². The zero-order chi connectivity index (χ0) is 14.8. The summed E-state index contributed by atoms with van der Waals surface area (Å²) in [6.45, 7) is 3.40. The number of rotatable bonds is 5. The Bertz CT molecular complexity index is 760. The summed E-state index contributed by atoms with van der Waals surface area (Å²) in [6.07, 6.45) is 0. The van der Waals surface area contributed by atoms with Crippen LogP contribution in [0.5, 0.6) is 5.88 Å². The first-order valence-corrected chi connectivity index (χ1v) is 7.78. The monoisotopic (exact) mass is 301 g/mol. The summed E-state index contributed by atoms with van der Waals surface area (Å²) in [6, 6.07) is 10.5. The zero-order valence-electron chi connectivity index (χ0n) is 12.5. The molecule has 0 spiro atoms. The van der Waals surface area contributed by atoms with Crippen LogP contribution in [0.3, 0.4) is 0 Å². The van der Waals surface area contributed by atoms with E-state index in [1.165, 1.54) is 20.5 Å². The second-order valence-corrected chi connectivity index (χ2v) is 6.20. The number of hydrogen-bond donors (Lipinski definition) is 1. The van der Waals surface area contributed by atoms with Gasteiger partial charge in [0.05, 0.1) is 5.69 Å². The predicted octanol–water partition coefficient (Wildman–Crippen LogP) is 3.24. The Morgan fingerprint density at radius 2 is 2.14 bits per heavy atom. The third kappa shape index (κ3) is 2.80. The van der Waals surface area contributed by atoms with Gasteiger partial charge in [0.2, 0.25) is 5.88 Å². The lowest BCUT2D eigenvalue weighted by atomic mass is 10.1. The molecule has 0 atom stereocenters. The largest absolute Gasteiger partial charge is 0.473 e. The molecule has 0 aliphatic heterocycles. The van der Waals surface area contributed by atoms with Crippen LogP contribution < -0.4 is 10.1 Å². The second-order valence-electron chi connectivity index (χ2n) is 5.07. The first kappa shape index (κ1) is 14.1. The molecule has 5 heteroatoms. The molecule has 0 unspecified atom stereocenters. The van der Waals surface area contributed by atoms with E-state index in [9.17, 15) is 0 Å². The van der Waals surface area contributed by atoms with E-state index in [1.807, 2.05) is 38.4 Å². The number of aryl methyl sites for hydroxylation is 2. The lowest BCUT2D eigenvalue weighted by Crippen LogP contribution is -2.07. The van der Waals surface area contributed by atoms with Crippen LogP contribution in [0.2, 0.25) is 0 Å². The maximum atomic E-state index is 5.98. The van der Waals surface area contributed by atoms with E-state index in [0.717, 1.165) is 18.1 Å². The molecule has 3 rings (SSSR count). The quantitative estimate of drug-likeness (QED) is 0.786. The molecular weight excluding hydrogens is 282 g/mol. The molecule has 1 N–H and O–H groups in total. The lowest BCUT2D eigenvalue weighted by Gasteiger charge is -2.07. The molecule has 2 aromatic heterocycles. The zero-order valence-corrected chi connectivity index (χ0v) is 13.3. The molecule has 4 nitrogen and oxygen atoms in total. The molecule has 21 heavy (non-hydrogen) atoms. The number of nitrogens with zero attached hydrogens (tertiary/aromatic N) is 2.